The van der Waals surface area contributed by atoms with Crippen LogP contribution in [0.1, 0.15) is 18.7 Å². The van der Waals surface area contributed by atoms with Gasteiger partial charge in [-0.25, -0.2) is 8.42 Å². The fourth-order valence-electron chi connectivity index (χ4n) is 2.95. The lowest BCUT2D eigenvalue weighted by molar-refractivity contribution is -0.121. The second-order valence-electron chi connectivity index (χ2n) is 6.94. The molecule has 32 heavy (non-hydrogen) atoms. The van der Waals surface area contributed by atoms with Gasteiger partial charge in [-0.3, -0.25) is 9.10 Å². The van der Waals surface area contributed by atoms with Crippen molar-refractivity contribution < 1.29 is 22.5 Å². The number of benzene rings is 2. The highest BCUT2D eigenvalue weighted by molar-refractivity contribution is 7.92. The lowest BCUT2D eigenvalue weighted by Gasteiger charge is -2.22. The molecule has 0 aliphatic rings. The number of hydrogen-bond donors (Lipinski definition) is 1. The smallest absolute Gasteiger partial charge is 0.246 e. The highest BCUT2D eigenvalue weighted by Gasteiger charge is 2.18. The van der Waals surface area contributed by atoms with Gasteiger partial charge in [-0.1, -0.05) is 28.9 Å². The van der Waals surface area contributed by atoms with Crippen molar-refractivity contribution in [3.05, 3.63) is 59.4 Å². The van der Waals surface area contributed by atoms with Crippen molar-refractivity contribution >= 4 is 33.2 Å². The molecule has 0 aliphatic heterocycles. The summed E-state index contributed by atoms with van der Waals surface area (Å²) in [5.41, 5.74) is 1.21. The normalized spacial score (nSPS) is 11.2. The Morgan fingerprint density at radius 2 is 1.97 bits per heavy atom. The Balaban J connectivity index is 1.50. The third kappa shape index (κ3) is 6.44. The van der Waals surface area contributed by atoms with Crippen LogP contribution in [0.15, 0.2) is 53.1 Å². The molecule has 3 aromatic rings. The first-order chi connectivity index (χ1) is 15.3. The number of nitrogens with zero attached hydrogens (tertiary/aromatic N) is 3. The third-order valence-corrected chi connectivity index (χ3v) is 5.94. The molecular formula is C21H23ClN4O5S. The maximum Gasteiger partial charge on any atom is 0.246 e. The molecule has 0 saturated heterocycles. The molecule has 0 radical (unpaired) electrons. The largest absolute Gasteiger partial charge is 0.497 e. The topological polar surface area (TPSA) is 115 Å². The van der Waals surface area contributed by atoms with Crippen LogP contribution in [0.25, 0.3) is 11.4 Å². The highest BCUT2D eigenvalue weighted by atomic mass is 35.5. The van der Waals surface area contributed by atoms with Gasteiger partial charge in [-0.2, -0.15) is 4.98 Å². The predicted molar refractivity (Wildman–Crippen MR) is 121 cm³/mol. The average Bonchev–Trinajstić information content (AvgIpc) is 3.24. The van der Waals surface area contributed by atoms with Gasteiger partial charge >= 0.3 is 0 Å². The van der Waals surface area contributed by atoms with Crippen LogP contribution < -0.4 is 14.4 Å². The molecule has 0 fully saturated rings. The summed E-state index contributed by atoms with van der Waals surface area (Å²) in [5.74, 6) is 1.00. The lowest BCUT2D eigenvalue weighted by Crippen LogP contribution is -2.32. The Kier molecular flexibility index (Phi) is 7.70. The summed E-state index contributed by atoms with van der Waals surface area (Å²) in [5, 5.41) is 7.14. The lowest BCUT2D eigenvalue weighted by atomic mass is 10.2. The van der Waals surface area contributed by atoms with Crippen molar-refractivity contribution in [1.82, 2.24) is 15.5 Å². The van der Waals surface area contributed by atoms with Crippen LogP contribution in [0.2, 0.25) is 5.02 Å². The van der Waals surface area contributed by atoms with Crippen LogP contribution >= 0.6 is 11.6 Å². The van der Waals surface area contributed by atoms with Crippen LogP contribution in [0.4, 0.5) is 5.69 Å². The minimum Gasteiger partial charge on any atom is -0.497 e. The molecule has 11 heteroatoms. The molecule has 0 saturated carbocycles. The number of amides is 1. The molecule has 0 bridgehead atoms. The maximum atomic E-state index is 12.2. The van der Waals surface area contributed by atoms with Crippen molar-refractivity contribution in [2.45, 2.75) is 19.4 Å². The Labute approximate surface area is 191 Å². The molecule has 2 aromatic carbocycles. The number of nitrogens with one attached hydrogen (secondary N) is 1. The fourth-order valence-corrected chi connectivity index (χ4v) is 4.11. The molecule has 170 valence electrons. The average molecular weight is 479 g/mol. The van der Waals surface area contributed by atoms with Gasteiger partial charge in [-0.15, -0.1) is 0 Å². The summed E-state index contributed by atoms with van der Waals surface area (Å²) in [7, 11) is -1.96. The highest BCUT2D eigenvalue weighted by Crippen LogP contribution is 2.22. The first-order valence-electron chi connectivity index (χ1n) is 9.73. The molecule has 0 aliphatic carbocycles. The summed E-state index contributed by atoms with van der Waals surface area (Å²) < 4.78 is 35.9. The van der Waals surface area contributed by atoms with E-state index in [1.165, 1.54) is 11.4 Å². The van der Waals surface area contributed by atoms with Crippen molar-refractivity contribution in [3.63, 3.8) is 0 Å². The molecule has 0 spiro atoms. The van der Waals surface area contributed by atoms with E-state index in [9.17, 15) is 13.2 Å². The zero-order valence-corrected chi connectivity index (χ0v) is 19.2. The van der Waals surface area contributed by atoms with Gasteiger partial charge in [0, 0.05) is 23.6 Å². The van der Waals surface area contributed by atoms with Gasteiger partial charge in [0.1, 0.15) is 5.75 Å². The molecule has 0 atom stereocenters. The second-order valence-corrected chi connectivity index (χ2v) is 9.28. The van der Waals surface area contributed by atoms with Crippen molar-refractivity contribution in [1.29, 1.82) is 0 Å². The molecule has 1 N–H and O–H groups in total. The Hall–Kier alpha value is -3.11. The molecule has 3 rings (SSSR count). The zero-order valence-electron chi connectivity index (χ0n) is 17.6. The number of aromatic nitrogens is 2. The maximum absolute atomic E-state index is 12.2. The second kappa shape index (κ2) is 10.5. The molecule has 0 unspecified atom stereocenters. The molecule has 1 heterocycles. The van der Waals surface area contributed by atoms with Gasteiger partial charge < -0.3 is 14.6 Å². The molecule has 9 nitrogen and oxygen atoms in total. The van der Waals surface area contributed by atoms with E-state index in [0.717, 1.165) is 6.26 Å². The van der Waals surface area contributed by atoms with Crippen LogP contribution in [-0.4, -0.2) is 44.4 Å². The molecular weight excluding hydrogens is 456 g/mol. The Morgan fingerprint density at radius 3 is 2.62 bits per heavy atom. The summed E-state index contributed by atoms with van der Waals surface area (Å²) in [6, 6.07) is 13.7. The Bertz CT molecular complexity index is 1160. The van der Waals surface area contributed by atoms with Gasteiger partial charge in [0.05, 0.1) is 25.6 Å². The van der Waals surface area contributed by atoms with Crippen LogP contribution in [0, 0.1) is 0 Å². The van der Waals surface area contributed by atoms with Gasteiger partial charge in [0.25, 0.3) is 0 Å². The number of halogens is 1. The Morgan fingerprint density at radius 1 is 1.22 bits per heavy atom. The summed E-state index contributed by atoms with van der Waals surface area (Å²) in [6.45, 7) is 0.235. The fraction of sp³-hybridized carbons (Fsp3) is 0.286. The number of sulfonamides is 1. The number of anilines is 1. The number of hydrogen-bond acceptors (Lipinski definition) is 7. The number of ether oxygens (including phenoxy) is 1. The van der Waals surface area contributed by atoms with E-state index < -0.39 is 10.0 Å². The number of methoxy groups -OCH3 is 1. The van der Waals surface area contributed by atoms with Crippen molar-refractivity contribution in [3.8, 4) is 17.1 Å². The first-order valence-corrected chi connectivity index (χ1v) is 12.0. The van der Waals surface area contributed by atoms with E-state index >= 15 is 0 Å². The van der Waals surface area contributed by atoms with Gasteiger partial charge in [0.15, 0.2) is 0 Å². The van der Waals surface area contributed by atoms with Crippen LogP contribution in [0.3, 0.4) is 0 Å². The molecule has 1 amide bonds. The zero-order chi connectivity index (χ0) is 23.1. The van der Waals surface area contributed by atoms with E-state index in [1.54, 1.807) is 48.5 Å². The van der Waals surface area contributed by atoms with E-state index in [4.69, 9.17) is 20.9 Å². The summed E-state index contributed by atoms with van der Waals surface area (Å²) >= 11 is 5.97. The SMILES string of the molecule is COc1ccc(N(CCCC(=O)NCc2nc(-c3cccc(Cl)c3)no2)S(C)(=O)=O)cc1. The van der Waals surface area contributed by atoms with Crippen LogP contribution in [0.5, 0.6) is 5.75 Å². The summed E-state index contributed by atoms with van der Waals surface area (Å²) in [4.78, 5) is 16.4. The van der Waals surface area contributed by atoms with E-state index in [1.807, 2.05) is 0 Å². The standard InChI is InChI=1S/C21H23ClN4O5S/c1-30-18-10-8-17(9-11-18)26(32(2,28)29)12-4-7-19(27)23-14-20-24-21(25-31-20)15-5-3-6-16(22)13-15/h3,5-6,8-11,13H,4,7,12,14H2,1-2H3,(H,23,27). The van der Waals surface area contributed by atoms with E-state index in [0.29, 0.717) is 34.3 Å². The van der Waals surface area contributed by atoms with Crippen molar-refractivity contribution in [2.75, 3.05) is 24.2 Å². The van der Waals surface area contributed by atoms with Gasteiger partial charge in [-0.05, 0) is 42.8 Å². The number of rotatable bonds is 10. The van der Waals surface area contributed by atoms with Crippen molar-refractivity contribution in [2.24, 2.45) is 0 Å². The molecule has 1 aromatic heterocycles. The quantitative estimate of drug-likeness (QED) is 0.475. The first kappa shape index (κ1) is 23.6. The van der Waals surface area contributed by atoms with Crippen LogP contribution in [-0.2, 0) is 21.4 Å². The number of carbonyl (C=O) groups is 1. The third-order valence-electron chi connectivity index (χ3n) is 4.51. The number of carbonyl (C=O) groups excluding carboxylic acids is 1. The minimum absolute atomic E-state index is 0.0701. The monoisotopic (exact) mass is 478 g/mol. The van der Waals surface area contributed by atoms with E-state index in [2.05, 4.69) is 15.5 Å². The predicted octanol–water partition coefficient (Wildman–Crippen LogP) is 3.26. The summed E-state index contributed by atoms with van der Waals surface area (Å²) in [6.07, 6.45) is 1.60. The van der Waals surface area contributed by atoms with E-state index in [-0.39, 0.29) is 31.3 Å². The minimum atomic E-state index is -3.50. The van der Waals surface area contributed by atoms with Gasteiger partial charge in [0.2, 0.25) is 27.6 Å².